The van der Waals surface area contributed by atoms with Crippen molar-refractivity contribution in [2.24, 2.45) is 5.41 Å². The molecule has 0 saturated heterocycles. The van der Waals surface area contributed by atoms with Crippen LogP contribution >= 0.6 is 0 Å². The molecular formula is C17H25N3O2. The zero-order valence-electron chi connectivity index (χ0n) is 13.4. The summed E-state index contributed by atoms with van der Waals surface area (Å²) in [5.41, 5.74) is 1.91. The minimum Gasteiger partial charge on any atom is -0.393 e. The molecule has 2 amide bonds. The maximum absolute atomic E-state index is 11.9. The Labute approximate surface area is 131 Å². The number of carbonyl (C=O) groups is 1. The summed E-state index contributed by atoms with van der Waals surface area (Å²) >= 11 is 0. The number of hydrogen-bond donors (Lipinski definition) is 4. The normalized spacial score (nSPS) is 13.1. The third kappa shape index (κ3) is 4.77. The summed E-state index contributed by atoms with van der Waals surface area (Å²) in [5, 5.41) is 16.3. The molecule has 0 bridgehead atoms. The molecule has 0 aliphatic heterocycles. The van der Waals surface area contributed by atoms with Gasteiger partial charge in [-0.3, -0.25) is 0 Å². The van der Waals surface area contributed by atoms with Crippen LogP contribution in [0.1, 0.15) is 32.9 Å². The lowest BCUT2D eigenvalue weighted by Crippen LogP contribution is -2.41. The second kappa shape index (κ2) is 6.83. The molecule has 2 rings (SSSR count). The molecule has 1 heterocycles. The average Bonchev–Trinajstić information content (AvgIpc) is 2.84. The molecule has 0 aliphatic rings. The van der Waals surface area contributed by atoms with Crippen LogP contribution in [0.4, 0.5) is 4.79 Å². The lowest BCUT2D eigenvalue weighted by Gasteiger charge is -2.26. The minimum atomic E-state index is -0.369. The first-order chi connectivity index (χ1) is 10.4. The Hall–Kier alpha value is -2.01. The smallest absolute Gasteiger partial charge is 0.315 e. The van der Waals surface area contributed by atoms with E-state index in [1.54, 1.807) is 6.92 Å². The number of para-hydroxylation sites is 1. The van der Waals surface area contributed by atoms with Crippen LogP contribution < -0.4 is 10.6 Å². The quantitative estimate of drug-likeness (QED) is 0.662. The summed E-state index contributed by atoms with van der Waals surface area (Å²) in [4.78, 5) is 15.1. The standard InChI is InChI=1S/C17H25N3O2/c1-12(21)9-17(2,3)11-19-16(22)18-10-14-8-13-6-4-5-7-15(13)20-14/h4-8,12,20-21H,9-11H2,1-3H3,(H2,18,19,22). The summed E-state index contributed by atoms with van der Waals surface area (Å²) in [7, 11) is 0. The van der Waals surface area contributed by atoms with Crippen molar-refractivity contribution < 1.29 is 9.90 Å². The molecular weight excluding hydrogens is 278 g/mol. The van der Waals surface area contributed by atoms with E-state index in [4.69, 9.17) is 0 Å². The molecule has 2 aromatic rings. The van der Waals surface area contributed by atoms with Crippen molar-refractivity contribution in [3.63, 3.8) is 0 Å². The third-order valence-corrected chi connectivity index (χ3v) is 3.60. The Bertz CT molecular complexity index is 599. The fraction of sp³-hybridized carbons (Fsp3) is 0.471. The molecule has 0 radical (unpaired) electrons. The van der Waals surface area contributed by atoms with Gasteiger partial charge in [0.1, 0.15) is 0 Å². The number of aromatic amines is 1. The number of carbonyl (C=O) groups excluding carboxylic acids is 1. The molecule has 1 unspecified atom stereocenters. The zero-order valence-corrected chi connectivity index (χ0v) is 13.4. The SMILES string of the molecule is CC(O)CC(C)(C)CNC(=O)NCc1cc2ccccc2[nH]1. The number of nitrogens with one attached hydrogen (secondary N) is 3. The highest BCUT2D eigenvalue weighted by atomic mass is 16.3. The van der Waals surface area contributed by atoms with Gasteiger partial charge in [0.25, 0.3) is 0 Å². The van der Waals surface area contributed by atoms with Crippen LogP contribution in [0.2, 0.25) is 0 Å². The molecule has 1 aromatic carbocycles. The summed E-state index contributed by atoms with van der Waals surface area (Å²) in [6.45, 7) is 6.79. The van der Waals surface area contributed by atoms with E-state index in [1.165, 1.54) is 0 Å². The van der Waals surface area contributed by atoms with Gasteiger partial charge in [-0.1, -0.05) is 32.0 Å². The molecule has 5 heteroatoms. The second-order valence-electron chi connectivity index (χ2n) is 6.64. The number of rotatable bonds is 6. The topological polar surface area (TPSA) is 77.2 Å². The van der Waals surface area contributed by atoms with E-state index in [-0.39, 0.29) is 17.6 Å². The summed E-state index contributed by atoms with van der Waals surface area (Å²) < 4.78 is 0. The van der Waals surface area contributed by atoms with Crippen molar-refractivity contribution in [2.75, 3.05) is 6.54 Å². The molecule has 0 aliphatic carbocycles. The maximum Gasteiger partial charge on any atom is 0.315 e. The number of aliphatic hydroxyl groups is 1. The predicted molar refractivity (Wildman–Crippen MR) is 88.6 cm³/mol. The van der Waals surface area contributed by atoms with E-state index in [0.29, 0.717) is 19.5 Å². The van der Waals surface area contributed by atoms with E-state index in [9.17, 15) is 9.90 Å². The highest BCUT2D eigenvalue weighted by Gasteiger charge is 2.20. The van der Waals surface area contributed by atoms with Crippen LogP contribution in [0.3, 0.4) is 0 Å². The Kier molecular flexibility index (Phi) is 5.08. The summed E-state index contributed by atoms with van der Waals surface area (Å²) in [6.07, 6.45) is 0.279. The number of fused-ring (bicyclic) bond motifs is 1. The number of hydrogen-bond acceptors (Lipinski definition) is 2. The van der Waals surface area contributed by atoms with Gasteiger partial charge in [0.05, 0.1) is 12.6 Å². The van der Waals surface area contributed by atoms with Crippen LogP contribution in [0.15, 0.2) is 30.3 Å². The average molecular weight is 303 g/mol. The molecule has 0 spiro atoms. The molecule has 4 N–H and O–H groups in total. The maximum atomic E-state index is 11.9. The van der Waals surface area contributed by atoms with Crippen molar-refractivity contribution >= 4 is 16.9 Å². The van der Waals surface area contributed by atoms with Gasteiger partial charge < -0.3 is 20.7 Å². The van der Waals surface area contributed by atoms with E-state index < -0.39 is 0 Å². The van der Waals surface area contributed by atoms with Crippen molar-refractivity contribution in [1.82, 2.24) is 15.6 Å². The summed E-state index contributed by atoms with van der Waals surface area (Å²) in [5.74, 6) is 0. The van der Waals surface area contributed by atoms with Crippen LogP contribution in [-0.4, -0.2) is 28.8 Å². The highest BCUT2D eigenvalue weighted by molar-refractivity contribution is 5.80. The van der Waals surface area contributed by atoms with Gasteiger partial charge in [0, 0.05) is 17.8 Å². The van der Waals surface area contributed by atoms with Crippen molar-refractivity contribution in [3.8, 4) is 0 Å². The molecule has 1 aromatic heterocycles. The Balaban J connectivity index is 1.80. The monoisotopic (exact) mass is 303 g/mol. The Morgan fingerprint density at radius 2 is 2.05 bits per heavy atom. The lowest BCUT2D eigenvalue weighted by atomic mass is 9.87. The first-order valence-corrected chi connectivity index (χ1v) is 7.62. The van der Waals surface area contributed by atoms with E-state index in [2.05, 4.69) is 15.6 Å². The molecule has 1 atom stereocenters. The Morgan fingerprint density at radius 1 is 1.32 bits per heavy atom. The van der Waals surface area contributed by atoms with Crippen LogP contribution in [0.5, 0.6) is 0 Å². The first-order valence-electron chi connectivity index (χ1n) is 7.62. The largest absolute Gasteiger partial charge is 0.393 e. The van der Waals surface area contributed by atoms with E-state index in [0.717, 1.165) is 16.6 Å². The zero-order chi connectivity index (χ0) is 16.2. The van der Waals surface area contributed by atoms with Gasteiger partial charge in [-0.25, -0.2) is 4.79 Å². The van der Waals surface area contributed by atoms with Gasteiger partial charge in [0.15, 0.2) is 0 Å². The minimum absolute atomic E-state index is 0.132. The molecule has 0 saturated carbocycles. The number of H-pyrrole nitrogens is 1. The fourth-order valence-electron chi connectivity index (χ4n) is 2.66. The summed E-state index contributed by atoms with van der Waals surface area (Å²) in [6, 6.07) is 9.85. The number of aliphatic hydroxyl groups excluding tert-OH is 1. The predicted octanol–water partition coefficient (Wildman–Crippen LogP) is 2.76. The van der Waals surface area contributed by atoms with E-state index in [1.807, 2.05) is 44.2 Å². The molecule has 120 valence electrons. The number of amides is 2. The number of benzene rings is 1. The van der Waals surface area contributed by atoms with Gasteiger partial charge in [-0.15, -0.1) is 0 Å². The first kappa shape index (κ1) is 16.4. The fourth-order valence-corrected chi connectivity index (χ4v) is 2.66. The van der Waals surface area contributed by atoms with Crippen LogP contribution in [0, 0.1) is 5.41 Å². The van der Waals surface area contributed by atoms with Gasteiger partial charge in [-0.05, 0) is 36.3 Å². The lowest BCUT2D eigenvalue weighted by molar-refractivity contribution is 0.129. The highest BCUT2D eigenvalue weighted by Crippen LogP contribution is 2.21. The van der Waals surface area contributed by atoms with Gasteiger partial charge in [-0.2, -0.15) is 0 Å². The molecule has 0 fully saturated rings. The van der Waals surface area contributed by atoms with Crippen molar-refractivity contribution in [3.05, 3.63) is 36.0 Å². The second-order valence-corrected chi connectivity index (χ2v) is 6.64. The van der Waals surface area contributed by atoms with E-state index >= 15 is 0 Å². The third-order valence-electron chi connectivity index (χ3n) is 3.60. The van der Waals surface area contributed by atoms with Crippen molar-refractivity contribution in [1.29, 1.82) is 0 Å². The van der Waals surface area contributed by atoms with Gasteiger partial charge >= 0.3 is 6.03 Å². The van der Waals surface area contributed by atoms with Crippen LogP contribution in [0.25, 0.3) is 10.9 Å². The van der Waals surface area contributed by atoms with Gasteiger partial charge in [0.2, 0.25) is 0 Å². The Morgan fingerprint density at radius 3 is 2.73 bits per heavy atom. The van der Waals surface area contributed by atoms with Crippen LogP contribution in [-0.2, 0) is 6.54 Å². The van der Waals surface area contributed by atoms with Crippen molar-refractivity contribution in [2.45, 2.75) is 39.8 Å². The number of aromatic nitrogens is 1. The molecule has 22 heavy (non-hydrogen) atoms. The number of urea groups is 1. The molecule has 5 nitrogen and oxygen atoms in total.